The third-order valence-corrected chi connectivity index (χ3v) is 1.23. The number of aliphatic hydroxyl groups excluding tert-OH is 1. The molecule has 0 unspecified atom stereocenters. The second-order valence-electron chi connectivity index (χ2n) is 1.96. The second kappa shape index (κ2) is 2.64. The van der Waals surface area contributed by atoms with E-state index in [4.69, 9.17) is 12.2 Å². The molecule has 1 aliphatic heterocycles. The van der Waals surface area contributed by atoms with E-state index in [0.29, 0.717) is 0 Å². The zero-order chi connectivity index (χ0) is 8.43. The van der Waals surface area contributed by atoms with Crippen molar-refractivity contribution >= 4 is 0 Å². The van der Waals surface area contributed by atoms with Crippen LogP contribution in [0.3, 0.4) is 0 Å². The molecule has 0 aromatic heterocycles. The van der Waals surface area contributed by atoms with Gasteiger partial charge in [-0.1, -0.05) is 0 Å². The fraction of sp³-hybridized carbons (Fsp3) is 1.00. The van der Waals surface area contributed by atoms with E-state index in [1.165, 1.54) is 7.11 Å². The maximum Gasteiger partial charge on any atom is 0.183 e. The number of hydrogen-bond acceptors (Lipinski definition) is 3. The Kier molecular flexibility index (Phi) is 1.37. The molecule has 1 saturated heterocycles. The minimum Gasteiger partial charge on any atom is -0.388 e. The van der Waals surface area contributed by atoms with Crippen molar-refractivity contribution in [2.45, 2.75) is 31.8 Å². The van der Waals surface area contributed by atoms with E-state index in [9.17, 15) is 5.11 Å². The zero-order valence-electron chi connectivity index (χ0n) is 7.28. The Morgan fingerprint density at radius 1 is 2.00 bits per heavy atom. The molecular weight excluding hydrogens is 120 g/mol. The summed E-state index contributed by atoms with van der Waals surface area (Å²) >= 11 is 0. The van der Waals surface area contributed by atoms with Crippen LogP contribution in [0.15, 0.2) is 0 Å². The third kappa shape index (κ3) is 1.41. The van der Waals surface area contributed by atoms with Crippen molar-refractivity contribution in [1.82, 2.24) is 0 Å². The molecule has 1 N–H and O–H groups in total. The first-order valence-corrected chi connectivity index (χ1v) is 2.78. The summed E-state index contributed by atoms with van der Waals surface area (Å²) in [6, 6.07) is 0. The van der Waals surface area contributed by atoms with Gasteiger partial charge in [-0.2, -0.15) is 0 Å². The van der Waals surface area contributed by atoms with Crippen molar-refractivity contribution in [3.63, 3.8) is 0 Å². The fourth-order valence-corrected chi connectivity index (χ4v) is 0.804. The summed E-state index contributed by atoms with van der Waals surface area (Å²) in [6.07, 6.45) is -2.92. The molecule has 1 rings (SSSR count). The van der Waals surface area contributed by atoms with E-state index in [2.05, 4.69) is 0 Å². The molecule has 0 aromatic carbocycles. The van der Waals surface area contributed by atoms with Gasteiger partial charge in [0.05, 0.1) is 6.10 Å². The van der Waals surface area contributed by atoms with Gasteiger partial charge < -0.3 is 14.6 Å². The molecule has 3 nitrogen and oxygen atoms in total. The summed E-state index contributed by atoms with van der Waals surface area (Å²) in [5.74, 6) is 0. The number of methoxy groups -OCH3 is 1. The summed E-state index contributed by atoms with van der Waals surface area (Å²) in [5.41, 5.74) is 0. The Morgan fingerprint density at radius 2 is 2.78 bits per heavy atom. The smallest absolute Gasteiger partial charge is 0.183 e. The molecule has 1 aliphatic rings. The van der Waals surface area contributed by atoms with Crippen LogP contribution in [0.4, 0.5) is 0 Å². The Morgan fingerprint density at radius 3 is 3.11 bits per heavy atom. The third-order valence-electron chi connectivity index (χ3n) is 1.23. The highest BCUT2D eigenvalue weighted by atomic mass is 16.7. The van der Waals surface area contributed by atoms with Crippen LogP contribution in [0.2, 0.25) is 0 Å². The average Bonchev–Trinajstić information content (AvgIpc) is 2.30. The standard InChI is InChI=1S/C6H12O3/c1-4-3-5(7)6(8-2)9-4/h4-7H,3H2,1-2H3/t4-,5-,6+/m1/s1/i1D,3D/t3-,4+,5+,6-/m0. The molecule has 0 radical (unpaired) electrons. The molecule has 0 bridgehead atoms. The van der Waals surface area contributed by atoms with Gasteiger partial charge >= 0.3 is 0 Å². The first kappa shape index (κ1) is 4.66. The van der Waals surface area contributed by atoms with Crippen LogP contribution in [-0.2, 0) is 9.47 Å². The molecule has 0 amide bonds. The number of aliphatic hydroxyl groups is 1. The predicted molar refractivity (Wildman–Crippen MR) is 32.0 cm³/mol. The van der Waals surface area contributed by atoms with Gasteiger partial charge in [0.1, 0.15) is 6.10 Å². The largest absolute Gasteiger partial charge is 0.388 e. The van der Waals surface area contributed by atoms with E-state index in [1.54, 1.807) is 0 Å². The minimum atomic E-state index is -0.921. The summed E-state index contributed by atoms with van der Waals surface area (Å²) in [4.78, 5) is 0. The molecule has 0 spiro atoms. The van der Waals surface area contributed by atoms with E-state index >= 15 is 0 Å². The van der Waals surface area contributed by atoms with Crippen LogP contribution in [0.5, 0.6) is 0 Å². The lowest BCUT2D eigenvalue weighted by Crippen LogP contribution is -2.22. The SMILES string of the molecule is [2H]C[C@H]1O[C@H](OC)[C@H](O)[C@H]1[2H]. The summed E-state index contributed by atoms with van der Waals surface area (Å²) in [5, 5.41) is 9.24. The lowest BCUT2D eigenvalue weighted by atomic mass is 10.2. The molecule has 54 valence electrons. The predicted octanol–water partition coefficient (Wildman–Crippen LogP) is 0.129. The van der Waals surface area contributed by atoms with Crippen LogP contribution in [0.1, 0.15) is 16.0 Å². The molecule has 4 atom stereocenters. The van der Waals surface area contributed by atoms with E-state index in [1.807, 2.05) is 0 Å². The van der Waals surface area contributed by atoms with Crippen molar-refractivity contribution in [3.05, 3.63) is 0 Å². The minimum absolute atomic E-state index is 0.00884. The van der Waals surface area contributed by atoms with Gasteiger partial charge in [0.25, 0.3) is 0 Å². The van der Waals surface area contributed by atoms with Crippen molar-refractivity contribution in [1.29, 1.82) is 0 Å². The van der Waals surface area contributed by atoms with Gasteiger partial charge in [0.15, 0.2) is 6.29 Å². The summed E-state index contributed by atoms with van der Waals surface area (Å²) in [7, 11) is 1.41. The van der Waals surface area contributed by atoms with E-state index in [0.717, 1.165) is 0 Å². The lowest BCUT2D eigenvalue weighted by molar-refractivity contribution is -0.145. The van der Waals surface area contributed by atoms with Crippen molar-refractivity contribution < 1.29 is 17.3 Å². The average molecular weight is 134 g/mol. The molecule has 0 aromatic rings. The second-order valence-corrected chi connectivity index (χ2v) is 1.96. The van der Waals surface area contributed by atoms with Gasteiger partial charge in [-0.25, -0.2) is 0 Å². The highest BCUT2D eigenvalue weighted by molar-refractivity contribution is 4.72. The number of hydrogen-bond donors (Lipinski definition) is 1. The topological polar surface area (TPSA) is 38.7 Å². The Labute approximate surface area is 57.4 Å². The van der Waals surface area contributed by atoms with E-state index < -0.39 is 24.9 Å². The van der Waals surface area contributed by atoms with Crippen LogP contribution in [0.25, 0.3) is 0 Å². The number of rotatable bonds is 1. The van der Waals surface area contributed by atoms with Gasteiger partial charge in [-0.15, -0.1) is 0 Å². The zero-order valence-corrected chi connectivity index (χ0v) is 5.28. The monoisotopic (exact) mass is 134 g/mol. The molecule has 0 saturated carbocycles. The summed E-state index contributed by atoms with van der Waals surface area (Å²) in [6.45, 7) is -0.00884. The van der Waals surface area contributed by atoms with Gasteiger partial charge in [0, 0.05) is 16.2 Å². The first-order valence-electron chi connectivity index (χ1n) is 4.07. The Bertz CT molecular complexity index is 115. The molecule has 3 heteroatoms. The maximum atomic E-state index is 9.24. The molecule has 1 fully saturated rings. The fourth-order valence-electron chi connectivity index (χ4n) is 0.804. The van der Waals surface area contributed by atoms with Crippen LogP contribution < -0.4 is 0 Å². The normalized spacial score (nSPS) is 54.9. The summed E-state index contributed by atoms with van der Waals surface area (Å²) < 4.78 is 24.1. The van der Waals surface area contributed by atoms with Gasteiger partial charge in [0.2, 0.25) is 0 Å². The number of ether oxygens (including phenoxy) is 2. The van der Waals surface area contributed by atoms with Crippen molar-refractivity contribution in [3.8, 4) is 0 Å². The highest BCUT2D eigenvalue weighted by Gasteiger charge is 2.30. The Hall–Kier alpha value is -0.120. The van der Waals surface area contributed by atoms with Gasteiger partial charge in [-0.05, 0) is 6.90 Å². The molecule has 9 heavy (non-hydrogen) atoms. The van der Waals surface area contributed by atoms with Gasteiger partial charge in [-0.3, -0.25) is 0 Å². The van der Waals surface area contributed by atoms with Crippen LogP contribution in [0, 0.1) is 0 Å². The molecule has 1 heterocycles. The molecule has 0 aliphatic carbocycles. The van der Waals surface area contributed by atoms with E-state index in [-0.39, 0.29) is 6.90 Å². The lowest BCUT2D eigenvalue weighted by Gasteiger charge is -2.10. The maximum absolute atomic E-state index is 9.24. The highest BCUT2D eigenvalue weighted by Crippen LogP contribution is 2.19. The van der Waals surface area contributed by atoms with Crippen molar-refractivity contribution in [2.24, 2.45) is 0 Å². The van der Waals surface area contributed by atoms with Crippen molar-refractivity contribution in [2.75, 3.05) is 7.11 Å². The first-order chi connectivity index (χ1) is 5.20. The Balaban J connectivity index is 2.53. The van der Waals surface area contributed by atoms with Crippen LogP contribution >= 0.6 is 0 Å². The molecular formula is C6H12O3. The quantitative estimate of drug-likeness (QED) is 0.554. The van der Waals surface area contributed by atoms with Crippen LogP contribution in [-0.4, -0.2) is 30.7 Å².